The molecular formula is C17H30O5. The molecule has 0 aromatic carbocycles. The van der Waals surface area contributed by atoms with Crippen molar-refractivity contribution < 1.29 is 24.1 Å². The molecule has 0 aromatic rings. The predicted octanol–water partition coefficient (Wildman–Crippen LogP) is 2.42. The second-order valence-corrected chi connectivity index (χ2v) is 6.60. The average molecular weight is 314 g/mol. The molecule has 2 saturated heterocycles. The summed E-state index contributed by atoms with van der Waals surface area (Å²) in [5, 5.41) is 10.5. The van der Waals surface area contributed by atoms with Gasteiger partial charge in [0.15, 0.2) is 5.79 Å². The molecule has 0 aromatic heterocycles. The van der Waals surface area contributed by atoms with Crippen LogP contribution in [-0.4, -0.2) is 54.6 Å². The fraction of sp³-hybridized carbons (Fsp3) is 0.882. The third-order valence-corrected chi connectivity index (χ3v) is 4.20. The van der Waals surface area contributed by atoms with Crippen molar-refractivity contribution >= 4 is 0 Å². The van der Waals surface area contributed by atoms with E-state index in [9.17, 15) is 5.11 Å². The van der Waals surface area contributed by atoms with Gasteiger partial charge in [0.2, 0.25) is 0 Å². The highest BCUT2D eigenvalue weighted by atomic mass is 16.7. The van der Waals surface area contributed by atoms with E-state index >= 15 is 0 Å². The fourth-order valence-corrected chi connectivity index (χ4v) is 3.07. The number of aliphatic hydroxyl groups excluding tert-OH is 1. The Morgan fingerprint density at radius 1 is 1.36 bits per heavy atom. The first kappa shape index (κ1) is 17.9. The average Bonchev–Trinajstić information content (AvgIpc) is 2.94. The van der Waals surface area contributed by atoms with Crippen molar-refractivity contribution in [3.05, 3.63) is 12.7 Å². The molecule has 2 heterocycles. The number of aliphatic hydroxyl groups is 1. The molecule has 128 valence electrons. The maximum Gasteiger partial charge on any atom is 0.163 e. The SMILES string of the molecule is C=CCC1O[C@H](CC2COC(C)(C)O2)[C@H](OCCCC)[C@H]1O. The van der Waals surface area contributed by atoms with Gasteiger partial charge in [0.25, 0.3) is 0 Å². The molecule has 0 bridgehead atoms. The second kappa shape index (κ2) is 7.88. The Balaban J connectivity index is 1.94. The van der Waals surface area contributed by atoms with Gasteiger partial charge in [-0.1, -0.05) is 19.4 Å². The van der Waals surface area contributed by atoms with E-state index < -0.39 is 11.9 Å². The zero-order valence-electron chi connectivity index (χ0n) is 14.0. The Labute approximate surface area is 133 Å². The predicted molar refractivity (Wildman–Crippen MR) is 83.7 cm³/mol. The lowest BCUT2D eigenvalue weighted by Crippen LogP contribution is -2.37. The van der Waals surface area contributed by atoms with Gasteiger partial charge in [-0.15, -0.1) is 6.58 Å². The number of hydrogen-bond acceptors (Lipinski definition) is 5. The number of hydrogen-bond donors (Lipinski definition) is 1. The van der Waals surface area contributed by atoms with Gasteiger partial charge in [0, 0.05) is 13.0 Å². The van der Waals surface area contributed by atoms with Gasteiger partial charge >= 0.3 is 0 Å². The lowest BCUT2D eigenvalue weighted by molar-refractivity contribution is -0.144. The van der Waals surface area contributed by atoms with Crippen LogP contribution in [0.4, 0.5) is 0 Å². The third-order valence-electron chi connectivity index (χ3n) is 4.20. The minimum atomic E-state index is -0.616. The van der Waals surface area contributed by atoms with Gasteiger partial charge in [0.1, 0.15) is 12.2 Å². The Hall–Kier alpha value is -0.460. The van der Waals surface area contributed by atoms with Crippen LogP contribution in [0.1, 0.15) is 46.5 Å². The molecular weight excluding hydrogens is 284 g/mol. The molecule has 0 spiro atoms. The summed E-state index contributed by atoms with van der Waals surface area (Å²) in [5.41, 5.74) is 0. The van der Waals surface area contributed by atoms with Crippen LogP contribution in [-0.2, 0) is 18.9 Å². The van der Waals surface area contributed by atoms with E-state index in [-0.39, 0.29) is 24.4 Å². The van der Waals surface area contributed by atoms with Crippen molar-refractivity contribution in [1.29, 1.82) is 0 Å². The topological polar surface area (TPSA) is 57.2 Å². The van der Waals surface area contributed by atoms with Crippen molar-refractivity contribution in [3.63, 3.8) is 0 Å². The molecule has 2 rings (SSSR count). The van der Waals surface area contributed by atoms with Crippen LogP contribution in [0.5, 0.6) is 0 Å². The number of rotatable bonds is 8. The quantitative estimate of drug-likeness (QED) is 0.551. The van der Waals surface area contributed by atoms with Gasteiger partial charge < -0.3 is 24.1 Å². The molecule has 5 atom stereocenters. The van der Waals surface area contributed by atoms with E-state index in [4.69, 9.17) is 18.9 Å². The van der Waals surface area contributed by atoms with Crippen molar-refractivity contribution in [2.24, 2.45) is 0 Å². The second-order valence-electron chi connectivity index (χ2n) is 6.60. The summed E-state index contributed by atoms with van der Waals surface area (Å²) in [7, 11) is 0. The lowest BCUT2D eigenvalue weighted by Gasteiger charge is -2.23. The van der Waals surface area contributed by atoms with Crippen LogP contribution in [0.25, 0.3) is 0 Å². The highest BCUT2D eigenvalue weighted by molar-refractivity contribution is 4.96. The summed E-state index contributed by atoms with van der Waals surface area (Å²) < 4.78 is 23.4. The van der Waals surface area contributed by atoms with E-state index in [0.717, 1.165) is 12.8 Å². The van der Waals surface area contributed by atoms with Gasteiger partial charge in [-0.3, -0.25) is 0 Å². The Morgan fingerprint density at radius 2 is 2.14 bits per heavy atom. The van der Waals surface area contributed by atoms with Crippen LogP contribution < -0.4 is 0 Å². The maximum atomic E-state index is 10.5. The molecule has 0 aliphatic carbocycles. The molecule has 2 fully saturated rings. The standard InChI is InChI=1S/C17H30O5/c1-5-7-9-19-16-14(21-13(8-6-2)15(16)18)10-12-11-20-17(3,4)22-12/h6,12-16,18H,2,5,7-11H2,1,3-4H3/t12?,13?,14-,15+,16+/m1/s1. The fourth-order valence-electron chi connectivity index (χ4n) is 3.07. The van der Waals surface area contributed by atoms with E-state index in [1.54, 1.807) is 6.08 Å². The van der Waals surface area contributed by atoms with Gasteiger partial charge in [-0.25, -0.2) is 0 Å². The normalized spacial score (nSPS) is 37.5. The molecule has 5 heteroatoms. The van der Waals surface area contributed by atoms with E-state index in [1.165, 1.54) is 0 Å². The van der Waals surface area contributed by atoms with Crippen molar-refractivity contribution in [2.75, 3.05) is 13.2 Å². The molecule has 0 radical (unpaired) electrons. The van der Waals surface area contributed by atoms with Gasteiger partial charge in [-0.05, 0) is 26.7 Å². The first-order chi connectivity index (χ1) is 10.5. The van der Waals surface area contributed by atoms with E-state index in [2.05, 4.69) is 13.5 Å². The Morgan fingerprint density at radius 3 is 2.73 bits per heavy atom. The first-order valence-electron chi connectivity index (χ1n) is 8.34. The van der Waals surface area contributed by atoms with Crippen molar-refractivity contribution in [3.8, 4) is 0 Å². The minimum absolute atomic E-state index is 0.0213. The van der Waals surface area contributed by atoms with Crippen molar-refractivity contribution in [2.45, 2.75) is 82.8 Å². The summed E-state index contributed by atoms with van der Waals surface area (Å²) in [6.07, 6.45) is 3.77. The van der Waals surface area contributed by atoms with E-state index in [0.29, 0.717) is 26.1 Å². The number of ether oxygens (including phenoxy) is 4. The highest BCUT2D eigenvalue weighted by Crippen LogP contribution is 2.33. The van der Waals surface area contributed by atoms with E-state index in [1.807, 2.05) is 13.8 Å². The largest absolute Gasteiger partial charge is 0.388 e. The lowest BCUT2D eigenvalue weighted by atomic mass is 10.0. The summed E-state index contributed by atoms with van der Waals surface area (Å²) >= 11 is 0. The van der Waals surface area contributed by atoms with Crippen LogP contribution in [0.3, 0.4) is 0 Å². The molecule has 2 aliphatic rings. The Kier molecular flexibility index (Phi) is 6.41. The highest BCUT2D eigenvalue weighted by Gasteiger charge is 2.46. The molecule has 22 heavy (non-hydrogen) atoms. The van der Waals surface area contributed by atoms with Crippen LogP contribution in [0, 0.1) is 0 Å². The molecule has 5 nitrogen and oxygen atoms in total. The van der Waals surface area contributed by atoms with Crippen molar-refractivity contribution in [1.82, 2.24) is 0 Å². The van der Waals surface area contributed by atoms with Gasteiger partial charge in [-0.2, -0.15) is 0 Å². The minimum Gasteiger partial charge on any atom is -0.388 e. The summed E-state index contributed by atoms with van der Waals surface area (Å²) in [5.74, 6) is -0.541. The van der Waals surface area contributed by atoms with Crippen LogP contribution in [0.15, 0.2) is 12.7 Å². The third kappa shape index (κ3) is 4.52. The monoisotopic (exact) mass is 314 g/mol. The molecule has 0 saturated carbocycles. The molecule has 2 unspecified atom stereocenters. The summed E-state index contributed by atoms with van der Waals surface area (Å²) in [6, 6.07) is 0. The molecule has 0 amide bonds. The maximum absolute atomic E-state index is 10.5. The van der Waals surface area contributed by atoms with Crippen LogP contribution >= 0.6 is 0 Å². The summed E-state index contributed by atoms with van der Waals surface area (Å²) in [4.78, 5) is 0. The smallest absolute Gasteiger partial charge is 0.163 e. The zero-order chi connectivity index (χ0) is 16.2. The number of unbranched alkanes of at least 4 members (excludes halogenated alkanes) is 1. The van der Waals surface area contributed by atoms with Crippen LogP contribution in [0.2, 0.25) is 0 Å². The summed E-state index contributed by atoms with van der Waals surface area (Å²) in [6.45, 7) is 10.9. The molecule has 2 aliphatic heterocycles. The first-order valence-corrected chi connectivity index (χ1v) is 8.34. The molecule has 1 N–H and O–H groups in total. The Bertz CT molecular complexity index is 357. The van der Waals surface area contributed by atoms with Gasteiger partial charge in [0.05, 0.1) is 24.9 Å². The zero-order valence-corrected chi connectivity index (χ0v) is 14.0.